The summed E-state index contributed by atoms with van der Waals surface area (Å²) in [6.45, 7) is 7.60. The monoisotopic (exact) mass is 274 g/mol. The number of hydrogen-bond acceptors (Lipinski definition) is 3. The van der Waals surface area contributed by atoms with Crippen LogP contribution in [0, 0.1) is 17.8 Å². The Morgan fingerprint density at radius 1 is 1.15 bits per heavy atom. The van der Waals surface area contributed by atoms with Crippen molar-refractivity contribution in [2.45, 2.75) is 39.7 Å². The van der Waals surface area contributed by atoms with Gasteiger partial charge in [0.2, 0.25) is 0 Å². The molecule has 20 heavy (non-hydrogen) atoms. The van der Waals surface area contributed by atoms with Crippen LogP contribution >= 0.6 is 0 Å². The van der Waals surface area contributed by atoms with Crippen LogP contribution in [-0.2, 0) is 9.53 Å². The number of Topliss-reactive ketones (excluding diaryl/α,β-unsaturated/α-hetero) is 1. The molecule has 3 nitrogen and oxygen atoms in total. The Morgan fingerprint density at radius 2 is 1.75 bits per heavy atom. The fourth-order valence-corrected chi connectivity index (χ4v) is 2.57. The minimum absolute atomic E-state index is 0.105. The van der Waals surface area contributed by atoms with Gasteiger partial charge in [-0.15, -0.1) is 0 Å². The van der Waals surface area contributed by atoms with E-state index in [-0.39, 0.29) is 29.5 Å². The second kappa shape index (κ2) is 5.39. The molecule has 0 saturated heterocycles. The fraction of sp³-hybridized carbons (Fsp3) is 0.529. The summed E-state index contributed by atoms with van der Waals surface area (Å²) in [6.07, 6.45) is 0.426. The normalized spacial score (nSPS) is 25.1. The molecule has 3 unspecified atom stereocenters. The lowest BCUT2D eigenvalue weighted by Crippen LogP contribution is -2.25. The Labute approximate surface area is 120 Å². The summed E-state index contributed by atoms with van der Waals surface area (Å²) in [7, 11) is 0. The molecule has 1 saturated carbocycles. The van der Waals surface area contributed by atoms with Crippen molar-refractivity contribution in [3.8, 4) is 0 Å². The van der Waals surface area contributed by atoms with Gasteiger partial charge >= 0.3 is 5.97 Å². The van der Waals surface area contributed by atoms with Crippen LogP contribution in [0.25, 0.3) is 0 Å². The molecule has 1 aliphatic carbocycles. The van der Waals surface area contributed by atoms with Gasteiger partial charge in [0.05, 0.1) is 5.92 Å². The number of esters is 1. The molecule has 1 aromatic carbocycles. The number of ether oxygens (including phenoxy) is 1. The number of carbonyl (C=O) groups excluding carboxylic acids is 2. The van der Waals surface area contributed by atoms with Gasteiger partial charge in [0.25, 0.3) is 0 Å². The summed E-state index contributed by atoms with van der Waals surface area (Å²) < 4.78 is 5.40. The van der Waals surface area contributed by atoms with E-state index in [9.17, 15) is 9.59 Å². The first-order valence-electron chi connectivity index (χ1n) is 7.11. The Bertz CT molecular complexity index is 499. The summed E-state index contributed by atoms with van der Waals surface area (Å²) in [5.74, 6) is 0.168. The van der Waals surface area contributed by atoms with Crippen LogP contribution in [0.15, 0.2) is 30.3 Å². The Balaban J connectivity index is 1.93. The van der Waals surface area contributed by atoms with Crippen LogP contribution in [0.4, 0.5) is 0 Å². The topological polar surface area (TPSA) is 43.4 Å². The Morgan fingerprint density at radius 3 is 2.30 bits per heavy atom. The SMILES string of the molecule is CC1C(CC(=O)c2ccccc2)C1C(=O)OC(C)(C)C. The van der Waals surface area contributed by atoms with Gasteiger partial charge in [-0.25, -0.2) is 0 Å². The van der Waals surface area contributed by atoms with Gasteiger partial charge in [0.15, 0.2) is 5.78 Å². The summed E-state index contributed by atoms with van der Waals surface area (Å²) in [5.41, 5.74) is 0.252. The van der Waals surface area contributed by atoms with Crippen LogP contribution in [0.1, 0.15) is 44.5 Å². The highest BCUT2D eigenvalue weighted by molar-refractivity contribution is 5.97. The highest BCUT2D eigenvalue weighted by atomic mass is 16.6. The van der Waals surface area contributed by atoms with Crippen LogP contribution < -0.4 is 0 Å². The van der Waals surface area contributed by atoms with Crippen molar-refractivity contribution in [1.82, 2.24) is 0 Å². The molecule has 2 rings (SSSR count). The molecule has 0 N–H and O–H groups in total. The van der Waals surface area contributed by atoms with E-state index in [1.54, 1.807) is 0 Å². The first kappa shape index (κ1) is 14.8. The van der Waals surface area contributed by atoms with Crippen molar-refractivity contribution in [3.63, 3.8) is 0 Å². The molecular formula is C17H22O3. The smallest absolute Gasteiger partial charge is 0.310 e. The first-order valence-corrected chi connectivity index (χ1v) is 7.11. The fourth-order valence-electron chi connectivity index (χ4n) is 2.57. The minimum Gasteiger partial charge on any atom is -0.460 e. The third-order valence-corrected chi connectivity index (χ3v) is 3.76. The Kier molecular flexibility index (Phi) is 3.98. The maximum atomic E-state index is 12.1. The van der Waals surface area contributed by atoms with E-state index in [2.05, 4.69) is 0 Å². The summed E-state index contributed by atoms with van der Waals surface area (Å²) in [5, 5.41) is 0. The van der Waals surface area contributed by atoms with Gasteiger partial charge in [-0.2, -0.15) is 0 Å². The van der Waals surface area contributed by atoms with E-state index in [1.165, 1.54) is 0 Å². The van der Waals surface area contributed by atoms with Gasteiger partial charge in [-0.3, -0.25) is 9.59 Å². The maximum absolute atomic E-state index is 12.1. The zero-order chi connectivity index (χ0) is 14.9. The van der Waals surface area contributed by atoms with E-state index >= 15 is 0 Å². The van der Waals surface area contributed by atoms with Gasteiger partial charge < -0.3 is 4.74 Å². The predicted molar refractivity (Wildman–Crippen MR) is 77.4 cm³/mol. The lowest BCUT2D eigenvalue weighted by Gasteiger charge is -2.19. The van der Waals surface area contributed by atoms with Crippen molar-refractivity contribution >= 4 is 11.8 Å². The second-order valence-corrected chi connectivity index (χ2v) is 6.58. The average Bonchev–Trinajstić information content (AvgIpc) is 2.98. The lowest BCUT2D eigenvalue weighted by atomic mass is 10.0. The van der Waals surface area contributed by atoms with E-state index in [4.69, 9.17) is 4.74 Å². The minimum atomic E-state index is -0.465. The molecule has 1 fully saturated rings. The third kappa shape index (κ3) is 3.47. The number of benzene rings is 1. The van der Waals surface area contributed by atoms with Gasteiger partial charge in [-0.1, -0.05) is 37.3 Å². The number of ketones is 1. The largest absolute Gasteiger partial charge is 0.460 e. The summed E-state index contributed by atoms with van der Waals surface area (Å²) in [4.78, 5) is 24.2. The lowest BCUT2D eigenvalue weighted by molar-refractivity contribution is -0.157. The third-order valence-electron chi connectivity index (χ3n) is 3.76. The van der Waals surface area contributed by atoms with E-state index in [1.807, 2.05) is 58.0 Å². The molecule has 0 aromatic heterocycles. The summed E-state index contributed by atoms with van der Waals surface area (Å²) >= 11 is 0. The molecule has 1 aliphatic rings. The first-order chi connectivity index (χ1) is 9.29. The molecular weight excluding hydrogens is 252 g/mol. The average molecular weight is 274 g/mol. The van der Waals surface area contributed by atoms with Crippen molar-refractivity contribution in [2.24, 2.45) is 17.8 Å². The molecule has 3 atom stereocenters. The highest BCUT2D eigenvalue weighted by Crippen LogP contribution is 2.49. The molecule has 108 valence electrons. The molecule has 0 radical (unpaired) electrons. The van der Waals surface area contributed by atoms with Crippen LogP contribution in [0.2, 0.25) is 0 Å². The van der Waals surface area contributed by atoms with Crippen LogP contribution in [0.5, 0.6) is 0 Å². The van der Waals surface area contributed by atoms with Crippen LogP contribution in [0.3, 0.4) is 0 Å². The predicted octanol–water partition coefficient (Wildman–Crippen LogP) is 3.48. The second-order valence-electron chi connectivity index (χ2n) is 6.58. The van der Waals surface area contributed by atoms with Crippen molar-refractivity contribution in [2.75, 3.05) is 0 Å². The van der Waals surface area contributed by atoms with Gasteiger partial charge in [0.1, 0.15) is 5.60 Å². The van der Waals surface area contributed by atoms with E-state index < -0.39 is 5.60 Å². The Hall–Kier alpha value is -1.64. The van der Waals surface area contributed by atoms with E-state index in [0.717, 1.165) is 5.56 Å². The molecule has 0 bridgehead atoms. The van der Waals surface area contributed by atoms with E-state index in [0.29, 0.717) is 6.42 Å². The van der Waals surface area contributed by atoms with Crippen molar-refractivity contribution in [3.05, 3.63) is 35.9 Å². The number of carbonyl (C=O) groups is 2. The zero-order valence-electron chi connectivity index (χ0n) is 12.6. The highest BCUT2D eigenvalue weighted by Gasteiger charge is 2.53. The zero-order valence-corrected chi connectivity index (χ0v) is 12.6. The quantitative estimate of drug-likeness (QED) is 0.623. The van der Waals surface area contributed by atoms with Gasteiger partial charge in [0, 0.05) is 12.0 Å². The summed E-state index contributed by atoms with van der Waals surface area (Å²) in [6, 6.07) is 9.24. The molecule has 3 heteroatoms. The van der Waals surface area contributed by atoms with Crippen molar-refractivity contribution < 1.29 is 14.3 Å². The molecule has 0 amide bonds. The number of hydrogen-bond donors (Lipinski definition) is 0. The molecule has 0 spiro atoms. The number of rotatable bonds is 4. The molecule has 0 aliphatic heterocycles. The van der Waals surface area contributed by atoms with Crippen molar-refractivity contribution in [1.29, 1.82) is 0 Å². The molecule has 0 heterocycles. The van der Waals surface area contributed by atoms with Gasteiger partial charge in [-0.05, 0) is 32.6 Å². The molecule has 1 aromatic rings. The standard InChI is InChI=1S/C17H22O3/c1-11-13(15(11)16(19)20-17(2,3)4)10-14(18)12-8-6-5-7-9-12/h5-9,11,13,15H,10H2,1-4H3. The van der Waals surface area contributed by atoms with Crippen LogP contribution in [-0.4, -0.2) is 17.4 Å². The maximum Gasteiger partial charge on any atom is 0.310 e.